The Hall–Kier alpha value is -4.71. The molecule has 3 heterocycles. The molecule has 11 nitrogen and oxygen atoms in total. The highest BCUT2D eigenvalue weighted by Gasteiger charge is 2.29. The van der Waals surface area contributed by atoms with Gasteiger partial charge < -0.3 is 13.8 Å². The van der Waals surface area contributed by atoms with E-state index >= 15 is 0 Å². The molecule has 0 fully saturated rings. The Morgan fingerprint density at radius 1 is 1.05 bits per heavy atom. The smallest absolute Gasteiger partial charge is 0.264 e. The number of anilines is 1. The van der Waals surface area contributed by atoms with Crippen LogP contribution in [-0.4, -0.2) is 46.2 Å². The van der Waals surface area contributed by atoms with Crippen LogP contribution in [0.5, 0.6) is 0 Å². The van der Waals surface area contributed by atoms with Crippen molar-refractivity contribution >= 4 is 21.8 Å². The molecule has 1 amide bonds. The molecule has 1 atom stereocenters. The lowest BCUT2D eigenvalue weighted by molar-refractivity contribution is 0.0741. The van der Waals surface area contributed by atoms with Gasteiger partial charge in [0.25, 0.3) is 15.9 Å². The van der Waals surface area contributed by atoms with Crippen molar-refractivity contribution < 1.29 is 22.2 Å². The maximum Gasteiger partial charge on any atom is 0.264 e. The molecule has 0 aliphatic rings. The van der Waals surface area contributed by atoms with Gasteiger partial charge in [0.05, 0.1) is 34.1 Å². The molecule has 0 saturated heterocycles. The molecule has 0 spiro atoms. The minimum atomic E-state index is -4.09. The van der Waals surface area contributed by atoms with Crippen molar-refractivity contribution in [3.8, 4) is 22.6 Å². The van der Waals surface area contributed by atoms with Crippen LogP contribution in [0.4, 0.5) is 5.88 Å². The van der Waals surface area contributed by atoms with Gasteiger partial charge in [0, 0.05) is 36.5 Å². The minimum absolute atomic E-state index is 0.0451. The van der Waals surface area contributed by atoms with Gasteiger partial charge in [-0.25, -0.2) is 18.1 Å². The lowest BCUT2D eigenvalue weighted by Gasteiger charge is -2.28. The first-order valence-electron chi connectivity index (χ1n) is 13.3. The number of rotatable bonds is 8. The van der Waals surface area contributed by atoms with Gasteiger partial charge in [-0.2, -0.15) is 5.10 Å². The average Bonchev–Trinajstić information content (AvgIpc) is 3.68. The Morgan fingerprint density at radius 2 is 1.79 bits per heavy atom. The van der Waals surface area contributed by atoms with Gasteiger partial charge in [-0.1, -0.05) is 29.4 Å². The minimum Gasteiger partial charge on any atom is -0.445 e. The zero-order chi connectivity index (χ0) is 30.3. The first-order chi connectivity index (χ1) is 19.9. The Morgan fingerprint density at radius 3 is 2.40 bits per heavy atom. The van der Waals surface area contributed by atoms with Crippen molar-refractivity contribution in [2.45, 2.75) is 45.6 Å². The molecule has 12 heteroatoms. The fraction of sp³-hybridized carbons (Fsp3) is 0.267. The molecule has 0 aliphatic heterocycles. The summed E-state index contributed by atoms with van der Waals surface area (Å²) in [6, 6.07) is 11.7. The van der Waals surface area contributed by atoms with E-state index in [0.717, 1.165) is 5.69 Å². The second kappa shape index (κ2) is 10.9. The number of oxazole rings is 1. The van der Waals surface area contributed by atoms with Gasteiger partial charge >= 0.3 is 0 Å². The zero-order valence-corrected chi connectivity index (χ0v) is 25.3. The van der Waals surface area contributed by atoms with E-state index in [-0.39, 0.29) is 16.7 Å². The van der Waals surface area contributed by atoms with Crippen LogP contribution in [0.15, 0.2) is 68.8 Å². The van der Waals surface area contributed by atoms with E-state index < -0.39 is 16.1 Å². The molecule has 1 unspecified atom stereocenters. The van der Waals surface area contributed by atoms with E-state index in [1.54, 1.807) is 68.8 Å². The summed E-state index contributed by atoms with van der Waals surface area (Å²) in [6.07, 6.45) is 3.04. The summed E-state index contributed by atoms with van der Waals surface area (Å²) in [5.41, 5.74) is 5.58. The normalized spacial score (nSPS) is 12.4. The highest BCUT2D eigenvalue weighted by molar-refractivity contribution is 7.92. The van der Waals surface area contributed by atoms with E-state index in [4.69, 9.17) is 8.94 Å². The topological polar surface area (TPSA) is 136 Å². The van der Waals surface area contributed by atoms with Crippen molar-refractivity contribution in [2.75, 3.05) is 11.8 Å². The predicted molar refractivity (Wildman–Crippen MR) is 157 cm³/mol. The van der Waals surface area contributed by atoms with Gasteiger partial charge in [-0.3, -0.25) is 9.48 Å². The number of benzene rings is 2. The van der Waals surface area contributed by atoms with E-state index in [0.29, 0.717) is 50.7 Å². The number of hydrogen-bond acceptors (Lipinski definition) is 8. The van der Waals surface area contributed by atoms with Crippen LogP contribution in [0, 0.1) is 27.7 Å². The van der Waals surface area contributed by atoms with Crippen LogP contribution in [-0.2, 0) is 17.1 Å². The van der Waals surface area contributed by atoms with Gasteiger partial charge in [-0.05, 0) is 63.9 Å². The fourth-order valence-electron chi connectivity index (χ4n) is 4.91. The molecule has 0 aliphatic carbocycles. The van der Waals surface area contributed by atoms with Gasteiger partial charge in [-0.15, -0.1) is 0 Å². The summed E-state index contributed by atoms with van der Waals surface area (Å²) >= 11 is 0. The van der Waals surface area contributed by atoms with Gasteiger partial charge in [0.1, 0.15) is 6.26 Å². The third-order valence-corrected chi connectivity index (χ3v) is 9.05. The summed E-state index contributed by atoms with van der Waals surface area (Å²) < 4.78 is 42.4. The van der Waals surface area contributed by atoms with Crippen LogP contribution in [0.1, 0.15) is 51.5 Å². The van der Waals surface area contributed by atoms with Crippen LogP contribution >= 0.6 is 0 Å². The molecule has 0 radical (unpaired) electrons. The predicted octanol–water partition coefficient (Wildman–Crippen LogP) is 5.60. The Kier molecular flexibility index (Phi) is 7.50. The van der Waals surface area contributed by atoms with Crippen LogP contribution < -0.4 is 4.72 Å². The summed E-state index contributed by atoms with van der Waals surface area (Å²) in [5, 5.41) is 8.26. The van der Waals surface area contributed by atoms with Crippen LogP contribution in [0.2, 0.25) is 0 Å². The standard InChI is InChI=1S/C30H32N6O5S/c1-17-18(2)33-41-28(17)34-42(38,39)26-11-9-8-10-24(26)23-13-12-22(29-31-14-15-40-29)16-25(23)20(4)35(6)30(37)27-19(3)32-36(7)21(27)5/h8-16,20,34H,1-7H3. The number of carbonyl (C=O) groups excluding carboxylic acids is 1. The highest BCUT2D eigenvalue weighted by atomic mass is 32.2. The first kappa shape index (κ1) is 28.8. The maximum atomic E-state index is 13.8. The van der Waals surface area contributed by atoms with Crippen molar-refractivity contribution in [3.63, 3.8) is 0 Å². The van der Waals surface area contributed by atoms with Crippen molar-refractivity contribution in [2.24, 2.45) is 7.05 Å². The summed E-state index contributed by atoms with van der Waals surface area (Å²) in [4.78, 5) is 19.7. The average molecular weight is 589 g/mol. The number of amides is 1. The van der Waals surface area contributed by atoms with Crippen LogP contribution in [0.25, 0.3) is 22.6 Å². The third-order valence-electron chi connectivity index (χ3n) is 7.66. The molecule has 5 aromatic rings. The highest BCUT2D eigenvalue weighted by Crippen LogP contribution is 2.38. The largest absolute Gasteiger partial charge is 0.445 e. The maximum absolute atomic E-state index is 13.8. The molecule has 218 valence electrons. The second-order valence-electron chi connectivity index (χ2n) is 10.2. The van der Waals surface area contributed by atoms with Crippen molar-refractivity contribution in [1.82, 2.24) is 24.8 Å². The quantitative estimate of drug-likeness (QED) is 0.247. The van der Waals surface area contributed by atoms with E-state index in [1.807, 2.05) is 32.0 Å². The lowest BCUT2D eigenvalue weighted by Crippen LogP contribution is -2.31. The second-order valence-corrected chi connectivity index (χ2v) is 11.9. The van der Waals surface area contributed by atoms with Crippen molar-refractivity contribution in [1.29, 1.82) is 0 Å². The molecule has 0 saturated carbocycles. The summed E-state index contributed by atoms with van der Waals surface area (Å²) in [5.74, 6) is 0.265. The molecule has 0 bridgehead atoms. The Labute approximate surface area is 244 Å². The number of sulfonamides is 1. The van der Waals surface area contributed by atoms with E-state index in [9.17, 15) is 13.2 Å². The molecular weight excluding hydrogens is 556 g/mol. The number of hydrogen-bond donors (Lipinski definition) is 1. The molecule has 42 heavy (non-hydrogen) atoms. The van der Waals surface area contributed by atoms with Crippen LogP contribution in [0.3, 0.4) is 0 Å². The summed E-state index contributed by atoms with van der Waals surface area (Å²) in [6.45, 7) is 9.02. The monoisotopic (exact) mass is 588 g/mol. The number of nitrogens with one attached hydrogen (secondary N) is 1. The van der Waals surface area contributed by atoms with Gasteiger partial charge in [0.15, 0.2) is 0 Å². The molecule has 3 aromatic heterocycles. The molecule has 2 aromatic carbocycles. The number of aromatic nitrogens is 4. The third kappa shape index (κ3) is 5.09. The molecular formula is C30H32N6O5S. The Bertz CT molecular complexity index is 1890. The van der Waals surface area contributed by atoms with Gasteiger partial charge in [0.2, 0.25) is 11.8 Å². The summed E-state index contributed by atoms with van der Waals surface area (Å²) in [7, 11) is -0.570. The molecule has 5 rings (SSSR count). The SMILES string of the molecule is Cc1noc(NS(=O)(=O)c2ccccc2-c2ccc(-c3ncco3)cc2C(C)N(C)C(=O)c2c(C)nn(C)c2C)c1C. The first-order valence-corrected chi connectivity index (χ1v) is 14.7. The number of nitrogens with zero attached hydrogens (tertiary/aromatic N) is 5. The number of aryl methyl sites for hydroxylation is 3. The van der Waals surface area contributed by atoms with E-state index in [2.05, 4.69) is 20.0 Å². The Balaban J connectivity index is 1.63. The zero-order valence-electron chi connectivity index (χ0n) is 24.5. The lowest BCUT2D eigenvalue weighted by atomic mass is 9.92. The van der Waals surface area contributed by atoms with Crippen molar-refractivity contribution in [3.05, 3.63) is 88.7 Å². The fourth-order valence-corrected chi connectivity index (χ4v) is 6.18. The van der Waals surface area contributed by atoms with E-state index in [1.165, 1.54) is 12.3 Å². The number of carbonyl (C=O) groups is 1. The molecule has 1 N–H and O–H groups in total.